The molecule has 6 heteroatoms. The van der Waals surface area contributed by atoms with Crippen molar-refractivity contribution in [1.82, 2.24) is 4.90 Å². The van der Waals surface area contributed by atoms with Crippen molar-refractivity contribution in [1.29, 1.82) is 0 Å². The summed E-state index contributed by atoms with van der Waals surface area (Å²) in [6, 6.07) is 5.20. The maximum atomic E-state index is 12.5. The lowest BCUT2D eigenvalue weighted by atomic mass is 10.1. The third-order valence-electron chi connectivity index (χ3n) is 3.98. The Hall–Kier alpha value is -1.79. The van der Waals surface area contributed by atoms with E-state index >= 15 is 0 Å². The first kappa shape index (κ1) is 15.1. The van der Waals surface area contributed by atoms with Crippen molar-refractivity contribution in [3.63, 3.8) is 0 Å². The summed E-state index contributed by atoms with van der Waals surface area (Å²) in [6.07, 6.45) is 2.21. The minimum Gasteiger partial charge on any atom is -0.454 e. The van der Waals surface area contributed by atoms with Crippen LogP contribution < -0.4 is 14.8 Å². The van der Waals surface area contributed by atoms with E-state index in [1.54, 1.807) is 6.07 Å². The highest BCUT2D eigenvalue weighted by Crippen LogP contribution is 2.34. The molecule has 1 saturated heterocycles. The van der Waals surface area contributed by atoms with Crippen molar-refractivity contribution in [3.05, 3.63) is 18.2 Å². The minimum atomic E-state index is -0.231. The summed E-state index contributed by atoms with van der Waals surface area (Å²) in [7, 11) is 0. The van der Waals surface area contributed by atoms with E-state index in [1.165, 1.54) is 0 Å². The number of ether oxygens (including phenoxy) is 3. The zero-order valence-electron chi connectivity index (χ0n) is 12.8. The summed E-state index contributed by atoms with van der Waals surface area (Å²) in [4.78, 5) is 14.7. The van der Waals surface area contributed by atoms with E-state index in [1.807, 2.05) is 12.1 Å². The second-order valence-electron chi connectivity index (χ2n) is 5.54. The number of carbonyl (C=O) groups excluding carboxylic acids is 1. The van der Waals surface area contributed by atoms with E-state index in [0.29, 0.717) is 24.7 Å². The van der Waals surface area contributed by atoms with Crippen molar-refractivity contribution in [2.75, 3.05) is 38.4 Å². The van der Waals surface area contributed by atoms with E-state index in [9.17, 15) is 4.79 Å². The Bertz CT molecular complexity index is 535. The maximum absolute atomic E-state index is 12.5. The summed E-state index contributed by atoms with van der Waals surface area (Å²) in [5, 5.41) is 2.95. The van der Waals surface area contributed by atoms with Gasteiger partial charge >= 0.3 is 0 Å². The summed E-state index contributed by atoms with van der Waals surface area (Å²) >= 11 is 0. The van der Waals surface area contributed by atoms with Gasteiger partial charge in [0.15, 0.2) is 11.5 Å². The predicted molar refractivity (Wildman–Crippen MR) is 82.3 cm³/mol. The van der Waals surface area contributed by atoms with Gasteiger partial charge in [-0.3, -0.25) is 9.69 Å². The molecule has 1 aromatic carbocycles. The molecule has 6 nitrogen and oxygen atoms in total. The van der Waals surface area contributed by atoms with Crippen LogP contribution in [0.15, 0.2) is 18.2 Å². The Morgan fingerprint density at radius 3 is 3.09 bits per heavy atom. The van der Waals surface area contributed by atoms with Crippen molar-refractivity contribution >= 4 is 11.6 Å². The average molecular weight is 306 g/mol. The van der Waals surface area contributed by atoms with Crippen LogP contribution in [0.25, 0.3) is 0 Å². The smallest absolute Gasteiger partial charge is 0.244 e. The number of carbonyl (C=O) groups is 1. The molecule has 1 amide bonds. The summed E-state index contributed by atoms with van der Waals surface area (Å²) in [5.41, 5.74) is 0.718. The van der Waals surface area contributed by atoms with Crippen LogP contribution in [0.2, 0.25) is 0 Å². The van der Waals surface area contributed by atoms with Crippen LogP contribution in [-0.4, -0.2) is 49.9 Å². The number of nitrogens with zero attached hydrogens (tertiary/aromatic N) is 1. The molecule has 2 aliphatic rings. The fourth-order valence-electron chi connectivity index (χ4n) is 2.71. The standard InChI is InChI=1S/C16H22N2O4/c1-2-3-6-18-7-8-20-10-13(18)16(19)17-12-4-5-14-15(9-12)22-11-21-14/h4-5,9,13H,2-3,6-8,10-11H2,1H3,(H,17,19)/t13-/m1/s1. The van der Waals surface area contributed by atoms with Crippen molar-refractivity contribution in [3.8, 4) is 11.5 Å². The zero-order chi connectivity index (χ0) is 15.4. The van der Waals surface area contributed by atoms with E-state index in [0.717, 1.165) is 31.6 Å². The predicted octanol–water partition coefficient (Wildman–Crippen LogP) is 1.85. The Morgan fingerprint density at radius 1 is 1.36 bits per heavy atom. The number of fused-ring (bicyclic) bond motifs is 1. The highest BCUT2D eigenvalue weighted by atomic mass is 16.7. The van der Waals surface area contributed by atoms with Gasteiger partial charge in [0, 0.05) is 18.3 Å². The van der Waals surface area contributed by atoms with Crippen molar-refractivity contribution in [2.45, 2.75) is 25.8 Å². The molecule has 0 aromatic heterocycles. The van der Waals surface area contributed by atoms with E-state index in [-0.39, 0.29) is 18.7 Å². The molecular formula is C16H22N2O4. The number of rotatable bonds is 5. The number of amides is 1. The van der Waals surface area contributed by atoms with Gasteiger partial charge in [0.05, 0.1) is 13.2 Å². The molecule has 22 heavy (non-hydrogen) atoms. The molecule has 0 unspecified atom stereocenters. The van der Waals surface area contributed by atoms with Crippen molar-refractivity contribution in [2.24, 2.45) is 0 Å². The number of nitrogens with one attached hydrogen (secondary N) is 1. The monoisotopic (exact) mass is 306 g/mol. The quantitative estimate of drug-likeness (QED) is 0.899. The van der Waals surface area contributed by atoms with Gasteiger partial charge < -0.3 is 19.5 Å². The lowest BCUT2D eigenvalue weighted by Gasteiger charge is -2.34. The van der Waals surface area contributed by atoms with Gasteiger partial charge in [0.1, 0.15) is 6.04 Å². The molecule has 1 aromatic rings. The molecule has 1 fully saturated rings. The van der Waals surface area contributed by atoms with Gasteiger partial charge in [0.25, 0.3) is 0 Å². The molecule has 2 aliphatic heterocycles. The highest BCUT2D eigenvalue weighted by molar-refractivity contribution is 5.95. The fraction of sp³-hybridized carbons (Fsp3) is 0.562. The van der Waals surface area contributed by atoms with Gasteiger partial charge in [-0.2, -0.15) is 0 Å². The lowest BCUT2D eigenvalue weighted by Crippen LogP contribution is -2.52. The van der Waals surface area contributed by atoms with E-state index in [2.05, 4.69) is 17.1 Å². The minimum absolute atomic E-state index is 0.0327. The first-order chi connectivity index (χ1) is 10.8. The first-order valence-corrected chi connectivity index (χ1v) is 7.80. The first-order valence-electron chi connectivity index (χ1n) is 7.80. The maximum Gasteiger partial charge on any atom is 0.244 e. The van der Waals surface area contributed by atoms with Crippen LogP contribution in [0.4, 0.5) is 5.69 Å². The van der Waals surface area contributed by atoms with Gasteiger partial charge in [-0.05, 0) is 25.1 Å². The molecule has 0 spiro atoms. The molecule has 3 rings (SSSR count). The third kappa shape index (κ3) is 3.34. The molecule has 0 aliphatic carbocycles. The van der Waals surface area contributed by atoms with Crippen LogP contribution in [0, 0.1) is 0 Å². The second-order valence-corrected chi connectivity index (χ2v) is 5.54. The number of benzene rings is 1. The molecule has 120 valence electrons. The normalized spacial score (nSPS) is 20.9. The Labute approximate surface area is 130 Å². The Kier molecular flexibility index (Phi) is 4.80. The second kappa shape index (κ2) is 6.98. The molecule has 2 heterocycles. The molecule has 0 radical (unpaired) electrons. The highest BCUT2D eigenvalue weighted by Gasteiger charge is 2.29. The van der Waals surface area contributed by atoms with Crippen LogP contribution in [0.3, 0.4) is 0 Å². The average Bonchev–Trinajstić information content (AvgIpc) is 3.00. The molecule has 0 bridgehead atoms. The third-order valence-corrected chi connectivity index (χ3v) is 3.98. The number of unbranched alkanes of at least 4 members (excludes halogenated alkanes) is 1. The number of morpholine rings is 1. The van der Waals surface area contributed by atoms with Crippen LogP contribution in [-0.2, 0) is 9.53 Å². The van der Waals surface area contributed by atoms with E-state index < -0.39 is 0 Å². The van der Waals surface area contributed by atoms with Crippen LogP contribution in [0.1, 0.15) is 19.8 Å². The van der Waals surface area contributed by atoms with Gasteiger partial charge in [-0.15, -0.1) is 0 Å². The van der Waals surface area contributed by atoms with Gasteiger partial charge in [-0.25, -0.2) is 0 Å². The summed E-state index contributed by atoms with van der Waals surface area (Å²) in [6.45, 7) is 5.26. The molecule has 0 saturated carbocycles. The van der Waals surface area contributed by atoms with Crippen LogP contribution >= 0.6 is 0 Å². The largest absolute Gasteiger partial charge is 0.454 e. The van der Waals surface area contributed by atoms with Gasteiger partial charge in [-0.1, -0.05) is 13.3 Å². The van der Waals surface area contributed by atoms with Gasteiger partial charge in [0.2, 0.25) is 12.7 Å². The van der Waals surface area contributed by atoms with Crippen molar-refractivity contribution < 1.29 is 19.0 Å². The molecule has 1 atom stereocenters. The lowest BCUT2D eigenvalue weighted by molar-refractivity contribution is -0.127. The summed E-state index contributed by atoms with van der Waals surface area (Å²) in [5.74, 6) is 1.35. The van der Waals surface area contributed by atoms with Crippen LogP contribution in [0.5, 0.6) is 11.5 Å². The van der Waals surface area contributed by atoms with E-state index in [4.69, 9.17) is 14.2 Å². The SMILES string of the molecule is CCCCN1CCOC[C@@H]1C(=O)Nc1ccc2c(c1)OCO2. The number of anilines is 1. The number of hydrogen-bond acceptors (Lipinski definition) is 5. The Morgan fingerprint density at radius 2 is 2.23 bits per heavy atom. The molecular weight excluding hydrogens is 284 g/mol. The zero-order valence-corrected chi connectivity index (χ0v) is 12.8. The summed E-state index contributed by atoms with van der Waals surface area (Å²) < 4.78 is 16.1. The molecule has 1 N–H and O–H groups in total. The fourth-order valence-corrected chi connectivity index (χ4v) is 2.71. The number of hydrogen-bond donors (Lipinski definition) is 1. The topological polar surface area (TPSA) is 60.0 Å². The Balaban J connectivity index is 1.64.